The number of rotatable bonds is 3. The van der Waals surface area contributed by atoms with Crippen molar-refractivity contribution in [2.75, 3.05) is 25.1 Å². The van der Waals surface area contributed by atoms with Crippen LogP contribution in [-0.2, 0) is 16.5 Å². The first-order chi connectivity index (χ1) is 13.6. The number of pyridine rings is 1. The molecule has 1 aliphatic rings. The maximum Gasteiger partial charge on any atom is 0.407 e. The second-order valence-electron chi connectivity index (χ2n) is 8.14. The Labute approximate surface area is 168 Å². The molecule has 1 fully saturated rings. The average molecular weight is 405 g/mol. The lowest BCUT2D eigenvalue weighted by molar-refractivity contribution is 0.0499. The zero-order chi connectivity index (χ0) is 21.3. The Kier molecular flexibility index (Phi) is 5.54. The lowest BCUT2D eigenvalue weighted by atomic mass is 10.0. The Bertz CT molecular complexity index is 987. The van der Waals surface area contributed by atoms with Crippen LogP contribution in [0.25, 0.3) is 11.2 Å². The van der Waals surface area contributed by atoms with Crippen molar-refractivity contribution >= 4 is 28.9 Å². The summed E-state index contributed by atoms with van der Waals surface area (Å²) in [5, 5.41) is 2.90. The number of anilines is 1. The van der Waals surface area contributed by atoms with Gasteiger partial charge in [0.2, 0.25) is 0 Å². The van der Waals surface area contributed by atoms with Gasteiger partial charge in [-0.3, -0.25) is 4.57 Å². The van der Waals surface area contributed by atoms with E-state index >= 15 is 0 Å². The van der Waals surface area contributed by atoms with Crippen molar-refractivity contribution in [3.63, 3.8) is 0 Å². The quantitative estimate of drug-likeness (QED) is 0.744. The molecule has 1 aliphatic heterocycles. The highest BCUT2D eigenvalue weighted by molar-refractivity contribution is 5.95. The highest BCUT2D eigenvalue weighted by Crippen LogP contribution is 2.27. The van der Waals surface area contributed by atoms with Crippen LogP contribution in [0.4, 0.5) is 10.5 Å². The van der Waals surface area contributed by atoms with Crippen LogP contribution in [-0.4, -0.2) is 58.4 Å². The molecule has 2 aromatic heterocycles. The molecule has 0 bridgehead atoms. The number of methoxy groups -OCH3 is 1. The number of piperidine rings is 1. The number of fused-ring (bicyclic) bond motifs is 1. The Morgan fingerprint density at radius 3 is 2.72 bits per heavy atom. The molecular formula is C19H27N5O5. The molecule has 0 aliphatic carbocycles. The smallest absolute Gasteiger partial charge is 0.407 e. The van der Waals surface area contributed by atoms with Crippen LogP contribution in [0.1, 0.15) is 44.1 Å². The van der Waals surface area contributed by atoms with Crippen molar-refractivity contribution in [3.8, 4) is 0 Å². The number of aryl methyl sites for hydroxylation is 1. The Balaban J connectivity index is 1.91. The predicted molar refractivity (Wildman–Crippen MR) is 107 cm³/mol. The number of hydrogen-bond acceptors (Lipinski definition) is 7. The van der Waals surface area contributed by atoms with Crippen molar-refractivity contribution in [2.24, 2.45) is 7.05 Å². The molecule has 10 nitrogen and oxygen atoms in total. The van der Waals surface area contributed by atoms with Gasteiger partial charge in [-0.15, -0.1) is 0 Å². The van der Waals surface area contributed by atoms with E-state index in [-0.39, 0.29) is 17.4 Å². The summed E-state index contributed by atoms with van der Waals surface area (Å²) in [7, 11) is 2.87. The number of aromatic amines is 1. The lowest BCUT2D eigenvalue weighted by Crippen LogP contribution is -2.49. The summed E-state index contributed by atoms with van der Waals surface area (Å²) in [6.45, 7) is 6.66. The maximum atomic E-state index is 12.1. The van der Waals surface area contributed by atoms with Crippen LogP contribution in [0.2, 0.25) is 0 Å². The standard InChI is InChI=1S/C19H27N5O5/c1-19(2,3)29-18(27)20-11-7-6-8-24(10-11)13-9-12(16(25)28-5)21-15-14(13)22-17(26)23(15)4/h9,11H,6-8,10H2,1-5H3,(H,20,27)(H,22,26)/t11-/m1/s1. The Morgan fingerprint density at radius 2 is 2.07 bits per heavy atom. The molecule has 29 heavy (non-hydrogen) atoms. The minimum atomic E-state index is -0.581. The fourth-order valence-electron chi connectivity index (χ4n) is 3.41. The molecule has 3 heterocycles. The first kappa shape index (κ1) is 20.7. The maximum absolute atomic E-state index is 12.1. The molecule has 0 saturated carbocycles. The van der Waals surface area contributed by atoms with Gasteiger partial charge in [-0.25, -0.2) is 19.4 Å². The van der Waals surface area contributed by atoms with Gasteiger partial charge in [0.05, 0.1) is 12.8 Å². The van der Waals surface area contributed by atoms with Gasteiger partial charge < -0.3 is 24.7 Å². The monoisotopic (exact) mass is 405 g/mol. The van der Waals surface area contributed by atoms with Crippen molar-refractivity contribution in [1.82, 2.24) is 19.9 Å². The molecule has 1 saturated heterocycles. The summed E-state index contributed by atoms with van der Waals surface area (Å²) in [5.74, 6) is -0.581. The van der Waals surface area contributed by atoms with Crippen LogP contribution in [0, 0.1) is 0 Å². The number of H-pyrrole nitrogens is 1. The SMILES string of the molecule is COC(=O)c1cc(N2CCC[C@@H](NC(=O)OC(C)(C)C)C2)c2[nH]c(=O)n(C)c2n1. The number of nitrogens with one attached hydrogen (secondary N) is 2. The lowest BCUT2D eigenvalue weighted by Gasteiger charge is -2.35. The summed E-state index contributed by atoms with van der Waals surface area (Å²) in [6.07, 6.45) is 1.17. The molecule has 1 atom stereocenters. The minimum absolute atomic E-state index is 0.117. The van der Waals surface area contributed by atoms with Crippen molar-refractivity contribution in [3.05, 3.63) is 22.2 Å². The molecule has 0 radical (unpaired) electrons. The van der Waals surface area contributed by atoms with E-state index in [1.807, 2.05) is 25.7 Å². The van der Waals surface area contributed by atoms with Crippen LogP contribution < -0.4 is 15.9 Å². The summed E-state index contributed by atoms with van der Waals surface area (Å²) in [6, 6.07) is 1.48. The number of esters is 1. The second-order valence-corrected chi connectivity index (χ2v) is 8.14. The highest BCUT2D eigenvalue weighted by atomic mass is 16.6. The first-order valence-corrected chi connectivity index (χ1v) is 9.51. The second kappa shape index (κ2) is 7.76. The van der Waals surface area contributed by atoms with Gasteiger partial charge in [0, 0.05) is 26.2 Å². The molecule has 158 valence electrons. The van der Waals surface area contributed by atoms with Gasteiger partial charge in [0.25, 0.3) is 0 Å². The van der Waals surface area contributed by atoms with E-state index in [1.165, 1.54) is 11.7 Å². The number of carbonyl (C=O) groups is 2. The van der Waals surface area contributed by atoms with E-state index in [0.717, 1.165) is 12.8 Å². The average Bonchev–Trinajstić information content (AvgIpc) is 2.93. The van der Waals surface area contributed by atoms with E-state index in [0.29, 0.717) is 29.9 Å². The van der Waals surface area contributed by atoms with Gasteiger partial charge in [-0.1, -0.05) is 0 Å². The number of alkyl carbamates (subject to hydrolysis) is 1. The zero-order valence-electron chi connectivity index (χ0n) is 17.4. The number of hydrogen-bond donors (Lipinski definition) is 2. The van der Waals surface area contributed by atoms with Gasteiger partial charge in [0.15, 0.2) is 11.3 Å². The molecule has 3 rings (SSSR count). The third kappa shape index (κ3) is 4.52. The molecule has 1 amide bonds. The number of carbonyl (C=O) groups excluding carboxylic acids is 2. The van der Waals surface area contributed by atoms with E-state index in [9.17, 15) is 14.4 Å². The van der Waals surface area contributed by atoms with Gasteiger partial charge in [-0.2, -0.15) is 0 Å². The van der Waals surface area contributed by atoms with Gasteiger partial charge >= 0.3 is 17.8 Å². The number of aromatic nitrogens is 3. The zero-order valence-corrected chi connectivity index (χ0v) is 17.4. The van der Waals surface area contributed by atoms with Crippen LogP contribution in [0.15, 0.2) is 10.9 Å². The Morgan fingerprint density at radius 1 is 1.34 bits per heavy atom. The fourth-order valence-corrected chi connectivity index (χ4v) is 3.41. The normalized spacial score (nSPS) is 17.3. The van der Waals surface area contributed by atoms with Crippen LogP contribution in [0.5, 0.6) is 0 Å². The molecule has 2 N–H and O–H groups in total. The molecule has 10 heteroatoms. The molecule has 0 unspecified atom stereocenters. The molecule has 0 aromatic carbocycles. The number of ether oxygens (including phenoxy) is 2. The van der Waals surface area contributed by atoms with E-state index in [2.05, 4.69) is 15.3 Å². The van der Waals surface area contributed by atoms with E-state index in [1.54, 1.807) is 13.1 Å². The molecule has 0 spiro atoms. The summed E-state index contributed by atoms with van der Waals surface area (Å²) in [4.78, 5) is 45.4. The molecule has 2 aromatic rings. The summed E-state index contributed by atoms with van der Waals surface area (Å²) in [5.41, 5.74) is 0.805. The third-order valence-electron chi connectivity index (χ3n) is 4.71. The first-order valence-electron chi connectivity index (χ1n) is 9.51. The summed E-state index contributed by atoms with van der Waals surface area (Å²) < 4.78 is 11.5. The topological polar surface area (TPSA) is 119 Å². The van der Waals surface area contributed by atoms with Gasteiger partial charge in [-0.05, 0) is 39.7 Å². The van der Waals surface area contributed by atoms with Crippen molar-refractivity contribution in [1.29, 1.82) is 0 Å². The third-order valence-corrected chi connectivity index (χ3v) is 4.71. The predicted octanol–water partition coefficient (Wildman–Crippen LogP) is 1.54. The number of amides is 1. The number of imidazole rings is 1. The van der Waals surface area contributed by atoms with E-state index < -0.39 is 17.7 Å². The fraction of sp³-hybridized carbons (Fsp3) is 0.579. The Hall–Kier alpha value is -3.04. The van der Waals surface area contributed by atoms with Crippen LogP contribution >= 0.6 is 0 Å². The number of nitrogens with zero attached hydrogens (tertiary/aromatic N) is 3. The van der Waals surface area contributed by atoms with Crippen molar-refractivity contribution < 1.29 is 19.1 Å². The van der Waals surface area contributed by atoms with Crippen molar-refractivity contribution in [2.45, 2.75) is 45.3 Å². The van der Waals surface area contributed by atoms with E-state index in [4.69, 9.17) is 9.47 Å². The highest BCUT2D eigenvalue weighted by Gasteiger charge is 2.27. The van der Waals surface area contributed by atoms with Gasteiger partial charge in [0.1, 0.15) is 11.1 Å². The molecular weight excluding hydrogens is 378 g/mol. The van der Waals surface area contributed by atoms with Crippen LogP contribution in [0.3, 0.4) is 0 Å². The minimum Gasteiger partial charge on any atom is -0.464 e. The summed E-state index contributed by atoms with van der Waals surface area (Å²) >= 11 is 0. The largest absolute Gasteiger partial charge is 0.464 e.